The average molecular weight is 555 g/mol. The van der Waals surface area contributed by atoms with Gasteiger partial charge in [0.05, 0.1) is 7.11 Å². The van der Waals surface area contributed by atoms with E-state index in [1.165, 1.54) is 5.56 Å². The minimum Gasteiger partial charge on any atom is -0.497 e. The van der Waals surface area contributed by atoms with E-state index in [1.54, 1.807) is 7.11 Å². The number of fused-ring (bicyclic) bond motifs is 1. The van der Waals surface area contributed by atoms with E-state index < -0.39 is 12.0 Å². The smallest absolute Gasteiger partial charge is 0.326 e. The minimum atomic E-state index is -1.01. The fourth-order valence-electron chi connectivity index (χ4n) is 4.75. The molecule has 40 heavy (non-hydrogen) atoms. The van der Waals surface area contributed by atoms with Crippen LogP contribution in [0.4, 0.5) is 5.82 Å². The third kappa shape index (κ3) is 11.0. The van der Waals surface area contributed by atoms with Crippen molar-refractivity contribution in [1.82, 2.24) is 15.2 Å². The molecule has 0 spiro atoms. The SMILES string of the molecule is COc1ccc(OCCN(CCCCc2ccc3c(n2)NCCC3)CCC(NC(=O)CC(C)(C)C)C(=O)O)cc1. The Morgan fingerprint density at radius 2 is 1.82 bits per heavy atom. The Kier molecular flexibility index (Phi) is 12.1. The number of rotatable bonds is 16. The van der Waals surface area contributed by atoms with Crippen LogP contribution >= 0.6 is 0 Å². The second-order valence-corrected chi connectivity index (χ2v) is 11.6. The van der Waals surface area contributed by atoms with E-state index in [4.69, 9.17) is 14.5 Å². The van der Waals surface area contributed by atoms with Gasteiger partial charge in [-0.1, -0.05) is 26.8 Å². The van der Waals surface area contributed by atoms with Gasteiger partial charge in [0.1, 0.15) is 30.0 Å². The zero-order valence-electron chi connectivity index (χ0n) is 24.5. The average Bonchev–Trinajstić information content (AvgIpc) is 2.92. The van der Waals surface area contributed by atoms with Gasteiger partial charge in [-0.3, -0.25) is 9.69 Å². The molecule has 1 atom stereocenters. The quantitative estimate of drug-likeness (QED) is 0.259. The lowest BCUT2D eigenvalue weighted by Crippen LogP contribution is -2.44. The summed E-state index contributed by atoms with van der Waals surface area (Å²) < 4.78 is 11.1. The number of aryl methyl sites for hydroxylation is 2. The van der Waals surface area contributed by atoms with Crippen LogP contribution in [0, 0.1) is 5.41 Å². The van der Waals surface area contributed by atoms with Crippen molar-refractivity contribution in [1.29, 1.82) is 0 Å². The van der Waals surface area contributed by atoms with Crippen molar-refractivity contribution < 1.29 is 24.2 Å². The van der Waals surface area contributed by atoms with Gasteiger partial charge in [-0.15, -0.1) is 0 Å². The molecule has 1 aromatic heterocycles. The van der Waals surface area contributed by atoms with Gasteiger partial charge in [-0.05, 0) is 86.4 Å². The Bertz CT molecular complexity index is 1080. The molecule has 1 aromatic carbocycles. The van der Waals surface area contributed by atoms with Crippen LogP contribution in [0.3, 0.4) is 0 Å². The van der Waals surface area contributed by atoms with E-state index in [0.717, 1.165) is 68.2 Å². The van der Waals surface area contributed by atoms with Crippen LogP contribution in [-0.2, 0) is 22.4 Å². The lowest BCUT2D eigenvalue weighted by atomic mass is 9.92. The van der Waals surface area contributed by atoms with Gasteiger partial charge < -0.3 is 25.2 Å². The molecule has 0 bridgehead atoms. The zero-order valence-corrected chi connectivity index (χ0v) is 24.5. The molecule has 2 aromatic rings. The van der Waals surface area contributed by atoms with Crippen LogP contribution in [-0.4, -0.2) is 72.8 Å². The number of carboxylic acid groups (broad SMARTS) is 1. The van der Waals surface area contributed by atoms with Crippen molar-refractivity contribution in [3.8, 4) is 11.5 Å². The van der Waals surface area contributed by atoms with E-state index in [0.29, 0.717) is 26.1 Å². The Labute approximate surface area is 238 Å². The first-order valence-electron chi connectivity index (χ1n) is 14.4. The molecule has 1 aliphatic heterocycles. The number of aliphatic carboxylic acids is 1. The van der Waals surface area contributed by atoms with Crippen molar-refractivity contribution in [3.05, 3.63) is 47.7 Å². The summed E-state index contributed by atoms with van der Waals surface area (Å²) >= 11 is 0. The van der Waals surface area contributed by atoms with Crippen molar-refractivity contribution in [3.63, 3.8) is 0 Å². The lowest BCUT2D eigenvalue weighted by Gasteiger charge is -2.25. The predicted octanol–water partition coefficient (Wildman–Crippen LogP) is 4.55. The zero-order chi connectivity index (χ0) is 29.0. The van der Waals surface area contributed by atoms with Crippen molar-refractivity contribution in [2.45, 2.75) is 71.8 Å². The number of hydrogen-bond acceptors (Lipinski definition) is 7. The normalized spacial score (nSPS) is 13.7. The number of ether oxygens (including phenoxy) is 2. The van der Waals surface area contributed by atoms with E-state index in [-0.39, 0.29) is 17.7 Å². The number of carbonyl (C=O) groups is 2. The molecular weight excluding hydrogens is 508 g/mol. The highest BCUT2D eigenvalue weighted by atomic mass is 16.5. The number of unbranched alkanes of at least 4 members (excludes halogenated alkanes) is 1. The third-order valence-electron chi connectivity index (χ3n) is 6.90. The molecule has 0 aliphatic carbocycles. The second kappa shape index (κ2) is 15.5. The second-order valence-electron chi connectivity index (χ2n) is 11.6. The largest absolute Gasteiger partial charge is 0.497 e. The maximum Gasteiger partial charge on any atom is 0.326 e. The molecule has 2 heterocycles. The number of nitrogens with zero attached hydrogens (tertiary/aromatic N) is 2. The number of benzene rings is 1. The fourth-order valence-corrected chi connectivity index (χ4v) is 4.75. The van der Waals surface area contributed by atoms with E-state index in [2.05, 4.69) is 27.7 Å². The van der Waals surface area contributed by atoms with Crippen LogP contribution in [0.15, 0.2) is 36.4 Å². The number of anilines is 1. The molecule has 9 heteroatoms. The lowest BCUT2D eigenvalue weighted by molar-refractivity contribution is -0.142. The highest BCUT2D eigenvalue weighted by molar-refractivity contribution is 5.83. The number of carboxylic acids is 1. The summed E-state index contributed by atoms with van der Waals surface area (Å²) in [5.74, 6) is 1.30. The van der Waals surface area contributed by atoms with Crippen LogP contribution in [0.2, 0.25) is 0 Å². The van der Waals surface area contributed by atoms with Crippen molar-refractivity contribution >= 4 is 17.7 Å². The Hall–Kier alpha value is -3.33. The third-order valence-corrected chi connectivity index (χ3v) is 6.90. The van der Waals surface area contributed by atoms with Gasteiger partial charge >= 0.3 is 5.97 Å². The van der Waals surface area contributed by atoms with Gasteiger partial charge in [0.25, 0.3) is 0 Å². The number of methoxy groups -OCH3 is 1. The molecule has 0 radical (unpaired) electrons. The van der Waals surface area contributed by atoms with Crippen LogP contribution in [0.1, 0.15) is 64.1 Å². The molecule has 0 saturated heterocycles. The summed E-state index contributed by atoms with van der Waals surface area (Å²) in [6, 6.07) is 10.8. The highest BCUT2D eigenvalue weighted by Crippen LogP contribution is 2.21. The topological polar surface area (TPSA) is 113 Å². The van der Waals surface area contributed by atoms with Crippen LogP contribution in [0.5, 0.6) is 11.5 Å². The standard InChI is InChI=1S/C31H46N4O5/c1-31(2,3)22-28(36)34-27(30(37)38)16-19-35(20-21-40-26-14-12-25(39-4)13-15-26)18-6-5-9-24-11-10-23-8-7-17-32-29(23)33-24/h10-15,27H,5-9,16-22H2,1-4H3,(H,32,33)(H,34,36)(H,37,38). The van der Waals surface area contributed by atoms with E-state index >= 15 is 0 Å². The summed E-state index contributed by atoms with van der Waals surface area (Å²) in [6.45, 7) is 9.32. The van der Waals surface area contributed by atoms with E-state index in [9.17, 15) is 14.7 Å². The summed E-state index contributed by atoms with van der Waals surface area (Å²) in [4.78, 5) is 31.3. The van der Waals surface area contributed by atoms with Crippen LogP contribution in [0.25, 0.3) is 0 Å². The van der Waals surface area contributed by atoms with Gasteiger partial charge in [0.15, 0.2) is 0 Å². The summed E-state index contributed by atoms with van der Waals surface area (Å²) in [5, 5.41) is 15.9. The number of hydrogen-bond donors (Lipinski definition) is 3. The first-order chi connectivity index (χ1) is 19.1. The fraction of sp³-hybridized carbons (Fsp3) is 0.581. The van der Waals surface area contributed by atoms with Crippen molar-refractivity contribution in [2.75, 3.05) is 45.2 Å². The summed E-state index contributed by atoms with van der Waals surface area (Å²) in [5.41, 5.74) is 2.18. The summed E-state index contributed by atoms with van der Waals surface area (Å²) in [6.07, 6.45) is 5.65. The number of aromatic nitrogens is 1. The molecule has 0 fully saturated rings. The molecule has 220 valence electrons. The molecule has 3 N–H and O–H groups in total. The van der Waals surface area contributed by atoms with Crippen LogP contribution < -0.4 is 20.1 Å². The minimum absolute atomic E-state index is 0.207. The first-order valence-corrected chi connectivity index (χ1v) is 14.4. The van der Waals surface area contributed by atoms with Gasteiger partial charge in [0.2, 0.25) is 5.91 Å². The van der Waals surface area contributed by atoms with Gasteiger partial charge in [0, 0.05) is 31.7 Å². The van der Waals surface area contributed by atoms with Gasteiger partial charge in [-0.25, -0.2) is 9.78 Å². The van der Waals surface area contributed by atoms with E-state index in [1.807, 2.05) is 45.0 Å². The Morgan fingerprint density at radius 3 is 2.52 bits per heavy atom. The maximum absolute atomic E-state index is 12.4. The van der Waals surface area contributed by atoms with Gasteiger partial charge in [-0.2, -0.15) is 0 Å². The monoisotopic (exact) mass is 554 g/mol. The highest BCUT2D eigenvalue weighted by Gasteiger charge is 2.24. The number of pyridine rings is 1. The maximum atomic E-state index is 12.4. The number of nitrogens with one attached hydrogen (secondary N) is 2. The predicted molar refractivity (Wildman–Crippen MR) is 157 cm³/mol. The molecular formula is C31H46N4O5. The molecule has 1 aliphatic rings. The van der Waals surface area contributed by atoms with Crippen molar-refractivity contribution in [2.24, 2.45) is 5.41 Å². The molecule has 1 unspecified atom stereocenters. The number of amides is 1. The molecule has 9 nitrogen and oxygen atoms in total. The first kappa shape index (κ1) is 31.2. The molecule has 3 rings (SSSR count). The summed E-state index contributed by atoms with van der Waals surface area (Å²) in [7, 11) is 1.63. The number of carbonyl (C=O) groups excluding carboxylic acids is 1. The molecule has 1 amide bonds. The Morgan fingerprint density at radius 1 is 1.07 bits per heavy atom. The molecule has 0 saturated carbocycles. The Balaban J connectivity index is 1.53.